The van der Waals surface area contributed by atoms with Gasteiger partial charge >= 0.3 is 0 Å². The van der Waals surface area contributed by atoms with Crippen molar-refractivity contribution in [3.63, 3.8) is 0 Å². The fourth-order valence-corrected chi connectivity index (χ4v) is 1.52. The lowest BCUT2D eigenvalue weighted by atomic mass is 9.97. The van der Waals surface area contributed by atoms with Crippen LogP contribution in [0.25, 0.3) is 0 Å². The molecule has 13 heavy (non-hydrogen) atoms. The second-order valence-corrected chi connectivity index (χ2v) is 3.99. The molecule has 2 atom stereocenters. The van der Waals surface area contributed by atoms with E-state index in [1.54, 1.807) is 5.54 Å². The Labute approximate surface area is 85.3 Å². The molecule has 2 nitrogen and oxygen atoms in total. The first-order valence-corrected chi connectivity index (χ1v) is 5.26. The summed E-state index contributed by atoms with van der Waals surface area (Å²) in [5, 5.41) is 3.33. The zero-order chi connectivity index (χ0) is 9.68. The summed E-state index contributed by atoms with van der Waals surface area (Å²) in [7, 11) is 0. The minimum Gasteiger partial charge on any atom is -0.372 e. The molecule has 1 aliphatic heterocycles. The molecule has 1 saturated heterocycles. The van der Waals surface area contributed by atoms with Crippen molar-refractivity contribution in [1.29, 1.82) is 0 Å². The van der Waals surface area contributed by atoms with Crippen molar-refractivity contribution in [2.45, 2.75) is 26.4 Å². The maximum absolute atomic E-state index is 5.73. The lowest BCUT2D eigenvalue weighted by Gasteiger charge is -2.29. The molecule has 0 aromatic heterocycles. The standard InChI is InChI=1S/C10H18ClNO/c1-8(5-11)7-13-10-6-12-4-3-9(10)2/h5,9-10,12H,3-4,6-7H2,1-2H3/b8-5+. The van der Waals surface area contributed by atoms with Gasteiger partial charge in [0, 0.05) is 12.1 Å². The number of hydrogen-bond acceptors (Lipinski definition) is 2. The molecule has 2 unspecified atom stereocenters. The average Bonchev–Trinajstić information content (AvgIpc) is 2.16. The Balaban J connectivity index is 2.26. The van der Waals surface area contributed by atoms with Gasteiger partial charge in [-0.25, -0.2) is 0 Å². The lowest BCUT2D eigenvalue weighted by Crippen LogP contribution is -2.41. The van der Waals surface area contributed by atoms with E-state index >= 15 is 0 Å². The summed E-state index contributed by atoms with van der Waals surface area (Å²) in [6, 6.07) is 0. The van der Waals surface area contributed by atoms with Crippen LogP contribution in [-0.4, -0.2) is 25.8 Å². The highest BCUT2D eigenvalue weighted by atomic mass is 35.5. The van der Waals surface area contributed by atoms with E-state index in [0.29, 0.717) is 18.6 Å². The average molecular weight is 204 g/mol. The first kappa shape index (κ1) is 11.0. The maximum Gasteiger partial charge on any atom is 0.0729 e. The van der Waals surface area contributed by atoms with E-state index in [1.807, 2.05) is 6.92 Å². The Morgan fingerprint density at radius 2 is 2.46 bits per heavy atom. The third-order valence-corrected chi connectivity index (χ3v) is 2.84. The molecular weight excluding hydrogens is 186 g/mol. The summed E-state index contributed by atoms with van der Waals surface area (Å²) < 4.78 is 5.73. The minimum absolute atomic E-state index is 0.348. The van der Waals surface area contributed by atoms with Crippen LogP contribution in [0.5, 0.6) is 0 Å². The Morgan fingerprint density at radius 3 is 3.08 bits per heavy atom. The first-order chi connectivity index (χ1) is 6.24. The fourth-order valence-electron chi connectivity index (χ4n) is 1.45. The molecule has 0 radical (unpaired) electrons. The van der Waals surface area contributed by atoms with E-state index in [1.165, 1.54) is 6.42 Å². The maximum atomic E-state index is 5.73. The molecule has 0 spiro atoms. The predicted octanol–water partition coefficient (Wildman–Crippen LogP) is 2.14. The largest absolute Gasteiger partial charge is 0.372 e. The topological polar surface area (TPSA) is 21.3 Å². The van der Waals surface area contributed by atoms with Gasteiger partial charge in [0.05, 0.1) is 12.7 Å². The van der Waals surface area contributed by atoms with E-state index in [9.17, 15) is 0 Å². The number of hydrogen-bond donors (Lipinski definition) is 1. The van der Waals surface area contributed by atoms with Gasteiger partial charge in [-0.05, 0) is 31.4 Å². The SMILES string of the molecule is C/C(=C\Cl)COC1CNCCC1C. The van der Waals surface area contributed by atoms with Crippen molar-refractivity contribution in [3.05, 3.63) is 11.1 Å². The molecule has 1 N–H and O–H groups in total. The van der Waals surface area contributed by atoms with E-state index in [4.69, 9.17) is 16.3 Å². The molecule has 0 saturated carbocycles. The summed E-state index contributed by atoms with van der Waals surface area (Å²) in [5.74, 6) is 0.657. The van der Waals surface area contributed by atoms with Crippen molar-refractivity contribution in [3.8, 4) is 0 Å². The van der Waals surface area contributed by atoms with Gasteiger partial charge in [0.25, 0.3) is 0 Å². The van der Waals surface area contributed by atoms with Crippen LogP contribution in [0, 0.1) is 5.92 Å². The molecule has 76 valence electrons. The molecule has 3 heteroatoms. The zero-order valence-corrected chi connectivity index (χ0v) is 9.10. The van der Waals surface area contributed by atoms with Crippen LogP contribution < -0.4 is 5.32 Å². The Hall–Kier alpha value is -0.0500. The van der Waals surface area contributed by atoms with E-state index in [2.05, 4.69) is 12.2 Å². The van der Waals surface area contributed by atoms with Crippen LogP contribution in [0.15, 0.2) is 11.1 Å². The summed E-state index contributed by atoms with van der Waals surface area (Å²) in [6.45, 7) is 6.96. The van der Waals surface area contributed by atoms with Gasteiger partial charge in [-0.1, -0.05) is 18.5 Å². The summed E-state index contributed by atoms with van der Waals surface area (Å²) in [4.78, 5) is 0. The van der Waals surface area contributed by atoms with E-state index < -0.39 is 0 Å². The highest BCUT2D eigenvalue weighted by molar-refractivity contribution is 6.25. The van der Waals surface area contributed by atoms with Gasteiger partial charge in [0.1, 0.15) is 0 Å². The van der Waals surface area contributed by atoms with E-state index in [0.717, 1.165) is 18.7 Å². The number of piperidine rings is 1. The van der Waals surface area contributed by atoms with Crippen molar-refractivity contribution >= 4 is 11.6 Å². The fraction of sp³-hybridized carbons (Fsp3) is 0.800. The lowest BCUT2D eigenvalue weighted by molar-refractivity contribution is 0.0166. The Morgan fingerprint density at radius 1 is 1.69 bits per heavy atom. The van der Waals surface area contributed by atoms with Crippen LogP contribution in [-0.2, 0) is 4.74 Å². The minimum atomic E-state index is 0.348. The molecule has 1 aliphatic rings. The summed E-state index contributed by atoms with van der Waals surface area (Å²) in [6.07, 6.45) is 1.55. The highest BCUT2D eigenvalue weighted by Gasteiger charge is 2.21. The van der Waals surface area contributed by atoms with Crippen LogP contribution in [0.1, 0.15) is 20.3 Å². The molecule has 0 bridgehead atoms. The third-order valence-electron chi connectivity index (χ3n) is 2.47. The highest BCUT2D eigenvalue weighted by Crippen LogP contribution is 2.15. The van der Waals surface area contributed by atoms with E-state index in [-0.39, 0.29) is 0 Å². The van der Waals surface area contributed by atoms with Crippen molar-refractivity contribution in [2.24, 2.45) is 5.92 Å². The first-order valence-electron chi connectivity index (χ1n) is 4.82. The van der Waals surface area contributed by atoms with Crippen molar-refractivity contribution in [2.75, 3.05) is 19.7 Å². The van der Waals surface area contributed by atoms with Gasteiger partial charge in [-0.15, -0.1) is 0 Å². The quantitative estimate of drug-likeness (QED) is 0.759. The number of rotatable bonds is 3. The van der Waals surface area contributed by atoms with Crippen LogP contribution in [0.3, 0.4) is 0 Å². The zero-order valence-electron chi connectivity index (χ0n) is 8.35. The smallest absolute Gasteiger partial charge is 0.0729 e. The van der Waals surface area contributed by atoms with Crippen molar-refractivity contribution in [1.82, 2.24) is 5.32 Å². The van der Waals surface area contributed by atoms with Gasteiger partial charge in [-0.3, -0.25) is 0 Å². The molecule has 1 fully saturated rings. The molecular formula is C10H18ClNO. The summed E-state index contributed by atoms with van der Waals surface area (Å²) >= 11 is 5.55. The normalized spacial score (nSPS) is 30.5. The van der Waals surface area contributed by atoms with Gasteiger partial charge in [0.2, 0.25) is 0 Å². The molecule has 0 aromatic carbocycles. The number of nitrogens with one attached hydrogen (secondary N) is 1. The molecule has 0 aliphatic carbocycles. The third kappa shape index (κ3) is 3.67. The number of ether oxygens (including phenoxy) is 1. The van der Waals surface area contributed by atoms with Gasteiger partial charge < -0.3 is 10.1 Å². The summed E-state index contributed by atoms with van der Waals surface area (Å²) in [5.41, 5.74) is 2.67. The number of halogens is 1. The van der Waals surface area contributed by atoms with Crippen LogP contribution in [0.2, 0.25) is 0 Å². The second kappa shape index (κ2) is 5.63. The Kier molecular flexibility index (Phi) is 4.78. The van der Waals surface area contributed by atoms with Crippen LogP contribution >= 0.6 is 11.6 Å². The van der Waals surface area contributed by atoms with Crippen LogP contribution in [0.4, 0.5) is 0 Å². The molecule has 1 rings (SSSR count). The second-order valence-electron chi connectivity index (χ2n) is 3.78. The van der Waals surface area contributed by atoms with Crippen molar-refractivity contribution < 1.29 is 4.74 Å². The Bertz CT molecular complexity index is 182. The van der Waals surface area contributed by atoms with Gasteiger partial charge in [-0.2, -0.15) is 0 Å². The monoisotopic (exact) mass is 203 g/mol. The molecule has 0 amide bonds. The predicted molar refractivity (Wildman–Crippen MR) is 56.0 cm³/mol. The van der Waals surface area contributed by atoms with Gasteiger partial charge in [0.15, 0.2) is 0 Å². The molecule has 0 aromatic rings. The molecule has 1 heterocycles.